The number of hydrogen-bond acceptors (Lipinski definition) is 5. The molecule has 0 radical (unpaired) electrons. The Morgan fingerprint density at radius 1 is 0.939 bits per heavy atom. The van der Waals surface area contributed by atoms with Gasteiger partial charge in [0.15, 0.2) is 0 Å². The molecule has 2 heterocycles. The maximum atomic E-state index is 13.1. The van der Waals surface area contributed by atoms with Crippen molar-refractivity contribution in [1.29, 1.82) is 0 Å². The first-order valence-electron chi connectivity index (χ1n) is 9.70. The molecule has 2 N–H and O–H groups in total. The number of halogens is 1. The minimum absolute atomic E-state index is 0.0201. The quantitative estimate of drug-likeness (QED) is 0.448. The van der Waals surface area contributed by atoms with Crippen molar-refractivity contribution in [2.75, 3.05) is 22.0 Å². The lowest BCUT2D eigenvalue weighted by Gasteiger charge is -2.19. The molecule has 4 rings (SSSR count). The Morgan fingerprint density at radius 2 is 1.55 bits per heavy atom. The van der Waals surface area contributed by atoms with Crippen LogP contribution in [-0.2, 0) is 10.0 Å². The van der Waals surface area contributed by atoms with Gasteiger partial charge in [-0.05, 0) is 60.7 Å². The molecule has 2 amide bonds. The van der Waals surface area contributed by atoms with Crippen LogP contribution in [0.4, 0.5) is 26.2 Å². The van der Waals surface area contributed by atoms with E-state index in [1.165, 1.54) is 48.4 Å². The van der Waals surface area contributed by atoms with E-state index >= 15 is 0 Å². The lowest BCUT2D eigenvalue weighted by atomic mass is 10.3. The van der Waals surface area contributed by atoms with Crippen LogP contribution in [-0.4, -0.2) is 36.3 Å². The summed E-state index contributed by atoms with van der Waals surface area (Å²) >= 11 is 0. The number of nitrogens with one attached hydrogen (secondary N) is 2. The molecular weight excluding hydrogens is 447 g/mol. The van der Waals surface area contributed by atoms with Crippen LogP contribution < -0.4 is 14.9 Å². The summed E-state index contributed by atoms with van der Waals surface area (Å²) in [5.41, 5.74) is 2.00. The lowest BCUT2D eigenvalue weighted by molar-refractivity contribution is 0.262. The molecule has 0 unspecified atom stereocenters. The normalized spacial score (nSPS) is 11.1. The minimum atomic E-state index is -3.89. The number of nitrogens with zero attached hydrogens (tertiary/aromatic N) is 4. The molecule has 0 saturated carbocycles. The molecule has 2 aromatic heterocycles. The number of rotatable bonds is 6. The Balaban J connectivity index is 1.45. The molecule has 0 saturated heterocycles. The molecule has 2 aromatic carbocycles. The molecule has 11 heteroatoms. The average Bonchev–Trinajstić information content (AvgIpc) is 3.31. The van der Waals surface area contributed by atoms with Gasteiger partial charge in [0.25, 0.3) is 10.0 Å². The van der Waals surface area contributed by atoms with Gasteiger partial charge in [-0.3, -0.25) is 9.29 Å². The molecule has 0 bridgehead atoms. The Labute approximate surface area is 189 Å². The third-order valence-electron chi connectivity index (χ3n) is 4.74. The summed E-state index contributed by atoms with van der Waals surface area (Å²) in [7, 11) is -2.47. The van der Waals surface area contributed by atoms with Gasteiger partial charge in [0.1, 0.15) is 10.7 Å². The highest BCUT2D eigenvalue weighted by Crippen LogP contribution is 2.24. The third-order valence-corrected chi connectivity index (χ3v) is 6.47. The van der Waals surface area contributed by atoms with Crippen molar-refractivity contribution in [2.45, 2.75) is 4.90 Å². The first-order valence-corrected chi connectivity index (χ1v) is 11.1. The Morgan fingerprint density at radius 3 is 2.18 bits per heavy atom. The molecule has 4 aromatic rings. The highest BCUT2D eigenvalue weighted by atomic mass is 32.2. The van der Waals surface area contributed by atoms with E-state index in [0.29, 0.717) is 22.7 Å². The fraction of sp³-hybridized carbons (Fsp3) is 0.0455. The maximum absolute atomic E-state index is 13.1. The third kappa shape index (κ3) is 4.99. The van der Waals surface area contributed by atoms with Gasteiger partial charge < -0.3 is 10.6 Å². The number of anilines is 3. The number of sulfonamides is 1. The Kier molecular flexibility index (Phi) is 6.05. The van der Waals surface area contributed by atoms with Gasteiger partial charge >= 0.3 is 6.03 Å². The number of carbonyl (C=O) groups excluding carboxylic acids is 1. The van der Waals surface area contributed by atoms with E-state index < -0.39 is 21.9 Å². The van der Waals surface area contributed by atoms with Gasteiger partial charge in [0.2, 0.25) is 0 Å². The van der Waals surface area contributed by atoms with Crippen LogP contribution in [0.2, 0.25) is 0 Å². The lowest BCUT2D eigenvalue weighted by Crippen LogP contribution is -2.26. The second-order valence-corrected chi connectivity index (χ2v) is 8.90. The van der Waals surface area contributed by atoms with E-state index in [9.17, 15) is 17.6 Å². The summed E-state index contributed by atoms with van der Waals surface area (Å²) in [6, 6.07) is 14.7. The van der Waals surface area contributed by atoms with Crippen molar-refractivity contribution in [3.8, 4) is 5.69 Å². The summed E-state index contributed by atoms with van der Waals surface area (Å²) in [6.45, 7) is 0. The van der Waals surface area contributed by atoms with Crippen molar-refractivity contribution in [2.24, 2.45) is 0 Å². The Hall–Kier alpha value is -4.25. The predicted molar refractivity (Wildman–Crippen MR) is 122 cm³/mol. The number of urea groups is 1. The van der Waals surface area contributed by atoms with Crippen LogP contribution in [0.25, 0.3) is 5.69 Å². The summed E-state index contributed by atoms with van der Waals surface area (Å²) in [6.07, 6.45) is 5.71. The molecule has 0 aliphatic heterocycles. The van der Waals surface area contributed by atoms with Crippen LogP contribution in [0, 0.1) is 5.82 Å². The van der Waals surface area contributed by atoms with Crippen LogP contribution in [0.3, 0.4) is 0 Å². The topological polar surface area (TPSA) is 109 Å². The van der Waals surface area contributed by atoms with Crippen molar-refractivity contribution in [1.82, 2.24) is 14.8 Å². The minimum Gasteiger partial charge on any atom is -0.308 e. The molecule has 0 atom stereocenters. The van der Waals surface area contributed by atoms with E-state index in [2.05, 4.69) is 20.7 Å². The van der Waals surface area contributed by atoms with E-state index in [-0.39, 0.29) is 4.90 Å². The van der Waals surface area contributed by atoms with E-state index in [0.717, 1.165) is 4.31 Å². The highest BCUT2D eigenvalue weighted by Gasteiger charge is 2.23. The van der Waals surface area contributed by atoms with Crippen molar-refractivity contribution < 1.29 is 17.6 Å². The van der Waals surface area contributed by atoms with Gasteiger partial charge in [-0.25, -0.2) is 22.3 Å². The van der Waals surface area contributed by atoms with Crippen molar-refractivity contribution >= 4 is 33.1 Å². The first kappa shape index (κ1) is 22.0. The average molecular weight is 466 g/mol. The van der Waals surface area contributed by atoms with Gasteiger partial charge in [0, 0.05) is 30.8 Å². The van der Waals surface area contributed by atoms with Gasteiger partial charge in [-0.15, -0.1) is 0 Å². The Bertz CT molecular complexity index is 1360. The smallest absolute Gasteiger partial charge is 0.308 e. The summed E-state index contributed by atoms with van der Waals surface area (Å²) in [5.74, 6) is -0.397. The second kappa shape index (κ2) is 9.09. The van der Waals surface area contributed by atoms with Gasteiger partial charge in [-0.2, -0.15) is 5.10 Å². The highest BCUT2D eigenvalue weighted by molar-refractivity contribution is 7.92. The van der Waals surface area contributed by atoms with Crippen LogP contribution in [0.5, 0.6) is 0 Å². The second-order valence-electron chi connectivity index (χ2n) is 6.93. The number of benzene rings is 2. The maximum Gasteiger partial charge on any atom is 0.323 e. The van der Waals surface area contributed by atoms with E-state index in [1.807, 2.05) is 0 Å². The van der Waals surface area contributed by atoms with E-state index in [1.54, 1.807) is 48.8 Å². The molecule has 168 valence electrons. The zero-order chi connectivity index (χ0) is 23.4. The molecule has 0 spiro atoms. The summed E-state index contributed by atoms with van der Waals surface area (Å²) in [5, 5.41) is 9.41. The van der Waals surface area contributed by atoms with Crippen LogP contribution in [0.1, 0.15) is 0 Å². The van der Waals surface area contributed by atoms with Crippen molar-refractivity contribution in [3.05, 3.63) is 91.3 Å². The molecule has 0 fully saturated rings. The summed E-state index contributed by atoms with van der Waals surface area (Å²) in [4.78, 5) is 16.0. The summed E-state index contributed by atoms with van der Waals surface area (Å²) < 4.78 is 41.6. The molecule has 0 aliphatic carbocycles. The number of aromatic nitrogens is 3. The molecule has 33 heavy (non-hydrogen) atoms. The van der Waals surface area contributed by atoms with Crippen molar-refractivity contribution in [3.63, 3.8) is 0 Å². The number of pyridine rings is 1. The fourth-order valence-electron chi connectivity index (χ4n) is 2.95. The fourth-order valence-corrected chi connectivity index (χ4v) is 4.08. The zero-order valence-corrected chi connectivity index (χ0v) is 18.2. The van der Waals surface area contributed by atoms with Gasteiger partial charge in [0.05, 0.1) is 23.8 Å². The molecule has 9 nitrogen and oxygen atoms in total. The monoisotopic (exact) mass is 466 g/mol. The zero-order valence-electron chi connectivity index (χ0n) is 17.4. The van der Waals surface area contributed by atoms with Gasteiger partial charge in [-0.1, -0.05) is 0 Å². The first-order chi connectivity index (χ1) is 15.8. The number of carbonyl (C=O) groups is 1. The molecular formula is C22H19FN6O3S. The standard InChI is InChI=1S/C22H19FN6O3S/c1-28(33(31,32)21-14-25-29(15-21)20-6-2-16(23)3-7-20)19-8-4-17(5-9-19)26-22(30)27-18-10-12-24-13-11-18/h2-15H,1H3,(H2,24,26,27,30). The predicted octanol–water partition coefficient (Wildman–Crippen LogP) is 3.88. The molecule has 0 aliphatic rings. The van der Waals surface area contributed by atoms with Crippen LogP contribution in [0.15, 0.2) is 90.3 Å². The SMILES string of the molecule is CN(c1ccc(NC(=O)Nc2ccncc2)cc1)S(=O)(=O)c1cnn(-c2ccc(F)cc2)c1. The number of amides is 2. The number of hydrogen-bond donors (Lipinski definition) is 2. The largest absolute Gasteiger partial charge is 0.323 e. The van der Waals surface area contributed by atoms with E-state index in [4.69, 9.17) is 0 Å². The van der Waals surface area contributed by atoms with Crippen LogP contribution >= 0.6 is 0 Å².